The van der Waals surface area contributed by atoms with E-state index in [1.165, 1.54) is 0 Å². The second-order valence-electron chi connectivity index (χ2n) is 3.01. The van der Waals surface area contributed by atoms with Crippen molar-refractivity contribution in [2.75, 3.05) is 14.2 Å². The Hall–Kier alpha value is -0.860. The molecule has 1 rings (SSSR count). The Balaban J connectivity index is 2.78. The maximum atomic E-state index is 5.36. The highest BCUT2D eigenvalue weighted by Gasteiger charge is 2.17. The van der Waals surface area contributed by atoms with Gasteiger partial charge in [-0.2, -0.15) is 0 Å². The third kappa shape index (κ3) is 2.54. The molecule has 1 aromatic carbocycles. The Labute approximate surface area is 79.5 Å². The first kappa shape index (κ1) is 10.2. The molecule has 0 spiro atoms. The lowest BCUT2D eigenvalue weighted by Crippen LogP contribution is -2.18. The van der Waals surface area contributed by atoms with Crippen molar-refractivity contribution in [3.63, 3.8) is 0 Å². The van der Waals surface area contributed by atoms with E-state index in [0.29, 0.717) is 0 Å². The minimum atomic E-state index is 0.0196. The number of hydrogen-bond donors (Lipinski definition) is 0. The number of benzene rings is 1. The standard InChI is InChI=1S/C11H16O2/c1-9(12-2)11(13-3)10-7-5-4-6-8-10/h4-9,11H,1-3H3/t9-,11-/m1/s1. The minimum absolute atomic E-state index is 0.0196. The predicted molar refractivity (Wildman–Crippen MR) is 52.7 cm³/mol. The molecule has 0 saturated heterocycles. The topological polar surface area (TPSA) is 18.5 Å². The molecule has 0 saturated carbocycles. The summed E-state index contributed by atoms with van der Waals surface area (Å²) in [6.07, 6.45) is 0.0959. The van der Waals surface area contributed by atoms with Crippen molar-refractivity contribution >= 4 is 0 Å². The lowest BCUT2D eigenvalue weighted by Gasteiger charge is -2.21. The lowest BCUT2D eigenvalue weighted by atomic mass is 10.1. The van der Waals surface area contributed by atoms with Gasteiger partial charge in [-0.25, -0.2) is 0 Å². The van der Waals surface area contributed by atoms with Crippen LogP contribution in [0.4, 0.5) is 0 Å². The van der Waals surface area contributed by atoms with Crippen LogP contribution in [0.5, 0.6) is 0 Å². The summed E-state index contributed by atoms with van der Waals surface area (Å²) in [7, 11) is 3.40. The fourth-order valence-corrected chi connectivity index (χ4v) is 1.37. The molecule has 0 aromatic heterocycles. The first-order chi connectivity index (χ1) is 6.29. The highest BCUT2D eigenvalue weighted by atomic mass is 16.5. The molecule has 0 unspecified atom stereocenters. The van der Waals surface area contributed by atoms with Crippen molar-refractivity contribution in [3.05, 3.63) is 35.9 Å². The molecular formula is C11H16O2. The Kier molecular flexibility index (Phi) is 3.93. The fourth-order valence-electron chi connectivity index (χ4n) is 1.37. The van der Waals surface area contributed by atoms with Gasteiger partial charge in [-0.05, 0) is 12.5 Å². The molecule has 0 heterocycles. The lowest BCUT2D eigenvalue weighted by molar-refractivity contribution is -0.0277. The van der Waals surface area contributed by atoms with Gasteiger partial charge in [-0.3, -0.25) is 0 Å². The van der Waals surface area contributed by atoms with Gasteiger partial charge in [0.1, 0.15) is 6.10 Å². The van der Waals surface area contributed by atoms with E-state index in [9.17, 15) is 0 Å². The number of hydrogen-bond acceptors (Lipinski definition) is 2. The second-order valence-corrected chi connectivity index (χ2v) is 3.01. The Morgan fingerprint density at radius 1 is 1.00 bits per heavy atom. The molecule has 72 valence electrons. The van der Waals surface area contributed by atoms with Gasteiger partial charge in [0.25, 0.3) is 0 Å². The zero-order chi connectivity index (χ0) is 9.68. The van der Waals surface area contributed by atoms with Crippen molar-refractivity contribution in [3.8, 4) is 0 Å². The van der Waals surface area contributed by atoms with E-state index in [4.69, 9.17) is 9.47 Å². The second kappa shape index (κ2) is 5.00. The molecule has 0 bridgehead atoms. The van der Waals surface area contributed by atoms with Crippen molar-refractivity contribution in [1.82, 2.24) is 0 Å². The van der Waals surface area contributed by atoms with Crippen LogP contribution in [0.15, 0.2) is 30.3 Å². The molecule has 2 atom stereocenters. The molecule has 0 radical (unpaired) electrons. The highest BCUT2D eigenvalue weighted by Crippen LogP contribution is 2.21. The molecule has 0 amide bonds. The van der Waals surface area contributed by atoms with Gasteiger partial charge >= 0.3 is 0 Å². The quantitative estimate of drug-likeness (QED) is 0.708. The molecular weight excluding hydrogens is 164 g/mol. The smallest absolute Gasteiger partial charge is 0.108 e. The Morgan fingerprint density at radius 3 is 2.08 bits per heavy atom. The van der Waals surface area contributed by atoms with Gasteiger partial charge in [-0.1, -0.05) is 30.3 Å². The number of rotatable bonds is 4. The number of methoxy groups -OCH3 is 2. The van der Waals surface area contributed by atoms with E-state index in [0.717, 1.165) is 5.56 Å². The van der Waals surface area contributed by atoms with Crippen LogP contribution in [0, 0.1) is 0 Å². The fraction of sp³-hybridized carbons (Fsp3) is 0.455. The molecule has 2 nitrogen and oxygen atoms in total. The van der Waals surface area contributed by atoms with Crippen molar-refractivity contribution in [1.29, 1.82) is 0 Å². The SMILES string of the molecule is CO[C@H](C)[C@@H](OC)c1ccccc1. The molecule has 0 aliphatic heterocycles. The normalized spacial score (nSPS) is 15.3. The minimum Gasteiger partial charge on any atom is -0.379 e. The van der Waals surface area contributed by atoms with Crippen LogP contribution in [0.2, 0.25) is 0 Å². The van der Waals surface area contributed by atoms with E-state index in [1.807, 2.05) is 37.3 Å². The third-order valence-corrected chi connectivity index (χ3v) is 2.18. The zero-order valence-electron chi connectivity index (χ0n) is 8.36. The molecule has 1 aromatic rings. The maximum Gasteiger partial charge on any atom is 0.108 e. The van der Waals surface area contributed by atoms with Crippen LogP contribution >= 0.6 is 0 Å². The summed E-state index contributed by atoms with van der Waals surface area (Å²) in [5, 5.41) is 0. The summed E-state index contributed by atoms with van der Waals surface area (Å²) in [5.74, 6) is 0. The molecule has 13 heavy (non-hydrogen) atoms. The first-order valence-electron chi connectivity index (χ1n) is 4.40. The zero-order valence-corrected chi connectivity index (χ0v) is 8.36. The van der Waals surface area contributed by atoms with Crippen LogP contribution in [-0.4, -0.2) is 20.3 Å². The Morgan fingerprint density at radius 2 is 1.62 bits per heavy atom. The van der Waals surface area contributed by atoms with E-state index < -0.39 is 0 Å². The summed E-state index contributed by atoms with van der Waals surface area (Å²) in [6, 6.07) is 10.1. The van der Waals surface area contributed by atoms with Crippen molar-refractivity contribution in [2.45, 2.75) is 19.1 Å². The van der Waals surface area contributed by atoms with E-state index >= 15 is 0 Å². The predicted octanol–water partition coefficient (Wildman–Crippen LogP) is 2.41. The van der Waals surface area contributed by atoms with Gasteiger partial charge in [0, 0.05) is 14.2 Å². The van der Waals surface area contributed by atoms with Crippen LogP contribution in [-0.2, 0) is 9.47 Å². The average molecular weight is 180 g/mol. The summed E-state index contributed by atoms with van der Waals surface area (Å²) in [6.45, 7) is 2.00. The monoisotopic (exact) mass is 180 g/mol. The average Bonchev–Trinajstić information content (AvgIpc) is 2.20. The van der Waals surface area contributed by atoms with Gasteiger partial charge < -0.3 is 9.47 Å². The summed E-state index contributed by atoms with van der Waals surface area (Å²) in [4.78, 5) is 0. The summed E-state index contributed by atoms with van der Waals surface area (Å²) in [5.41, 5.74) is 1.15. The van der Waals surface area contributed by atoms with E-state index in [2.05, 4.69) is 0 Å². The first-order valence-corrected chi connectivity index (χ1v) is 4.40. The van der Waals surface area contributed by atoms with Crippen molar-refractivity contribution in [2.24, 2.45) is 0 Å². The maximum absolute atomic E-state index is 5.36. The summed E-state index contributed by atoms with van der Waals surface area (Å²) >= 11 is 0. The molecule has 0 fully saturated rings. The molecule has 0 aliphatic rings. The number of ether oxygens (including phenoxy) is 2. The van der Waals surface area contributed by atoms with Crippen LogP contribution in [0.25, 0.3) is 0 Å². The molecule has 0 N–H and O–H groups in total. The van der Waals surface area contributed by atoms with Crippen LogP contribution in [0.3, 0.4) is 0 Å². The van der Waals surface area contributed by atoms with E-state index in [-0.39, 0.29) is 12.2 Å². The molecule has 0 aliphatic carbocycles. The van der Waals surface area contributed by atoms with Crippen LogP contribution in [0.1, 0.15) is 18.6 Å². The third-order valence-electron chi connectivity index (χ3n) is 2.18. The van der Waals surface area contributed by atoms with Crippen LogP contribution < -0.4 is 0 Å². The molecule has 2 heteroatoms. The van der Waals surface area contributed by atoms with E-state index in [1.54, 1.807) is 14.2 Å². The summed E-state index contributed by atoms with van der Waals surface area (Å²) < 4.78 is 10.6. The van der Waals surface area contributed by atoms with Gasteiger partial charge in [-0.15, -0.1) is 0 Å². The van der Waals surface area contributed by atoms with Gasteiger partial charge in [0.15, 0.2) is 0 Å². The highest BCUT2D eigenvalue weighted by molar-refractivity contribution is 5.18. The Bertz CT molecular complexity index is 233. The van der Waals surface area contributed by atoms with Crippen molar-refractivity contribution < 1.29 is 9.47 Å². The van der Waals surface area contributed by atoms with Gasteiger partial charge in [0.05, 0.1) is 6.10 Å². The van der Waals surface area contributed by atoms with Gasteiger partial charge in [0.2, 0.25) is 0 Å². The largest absolute Gasteiger partial charge is 0.379 e.